The Bertz CT molecular complexity index is 545. The highest BCUT2D eigenvalue weighted by molar-refractivity contribution is 7.90. The van der Waals surface area contributed by atoms with E-state index >= 15 is 0 Å². The van der Waals surface area contributed by atoms with E-state index in [2.05, 4.69) is 20.6 Å². The normalized spacial score (nSPS) is 12.5. The molecule has 1 aromatic rings. The predicted molar refractivity (Wildman–Crippen MR) is 84.1 cm³/mol. The Morgan fingerprint density at radius 2 is 2.05 bits per heavy atom. The minimum Gasteiger partial charge on any atom is -0.357 e. The lowest BCUT2D eigenvalue weighted by atomic mass is 10.4. The zero-order valence-electron chi connectivity index (χ0n) is 12.4. The number of guanidine groups is 1. The molecule has 0 radical (unpaired) electrons. The van der Waals surface area contributed by atoms with Gasteiger partial charge in [0.05, 0.1) is 18.0 Å². The SMILES string of the molecule is CCNC(=NCc1nc(C)c(C)s1)NCCS(C)(=O)=O. The van der Waals surface area contributed by atoms with Crippen LogP contribution in [0.4, 0.5) is 0 Å². The van der Waals surface area contributed by atoms with Crippen molar-refractivity contribution in [1.29, 1.82) is 0 Å². The molecular formula is C12H22N4O2S2. The highest BCUT2D eigenvalue weighted by Crippen LogP contribution is 2.16. The summed E-state index contributed by atoms with van der Waals surface area (Å²) >= 11 is 1.63. The molecule has 0 saturated carbocycles. The lowest BCUT2D eigenvalue weighted by Crippen LogP contribution is -2.39. The Morgan fingerprint density at radius 1 is 1.35 bits per heavy atom. The van der Waals surface area contributed by atoms with E-state index in [0.717, 1.165) is 17.2 Å². The van der Waals surface area contributed by atoms with Crippen molar-refractivity contribution in [2.45, 2.75) is 27.3 Å². The first kappa shape index (κ1) is 16.9. The van der Waals surface area contributed by atoms with Gasteiger partial charge < -0.3 is 10.6 Å². The second kappa shape index (κ2) is 7.58. The van der Waals surface area contributed by atoms with Crippen LogP contribution in [0.5, 0.6) is 0 Å². The van der Waals surface area contributed by atoms with Crippen molar-refractivity contribution >= 4 is 27.1 Å². The van der Waals surface area contributed by atoms with Gasteiger partial charge in [-0.3, -0.25) is 0 Å². The average Bonchev–Trinajstić information content (AvgIpc) is 2.64. The third kappa shape index (κ3) is 6.33. The molecule has 20 heavy (non-hydrogen) atoms. The maximum Gasteiger partial charge on any atom is 0.191 e. The number of nitrogens with one attached hydrogen (secondary N) is 2. The number of aromatic nitrogens is 1. The van der Waals surface area contributed by atoms with Gasteiger partial charge >= 0.3 is 0 Å². The van der Waals surface area contributed by atoms with Crippen molar-refractivity contribution in [1.82, 2.24) is 15.6 Å². The van der Waals surface area contributed by atoms with Gasteiger partial charge in [0, 0.05) is 24.2 Å². The first-order valence-corrected chi connectivity index (χ1v) is 9.32. The third-order valence-electron chi connectivity index (χ3n) is 2.55. The summed E-state index contributed by atoms with van der Waals surface area (Å²) in [4.78, 5) is 10.0. The minimum absolute atomic E-state index is 0.0902. The Labute approximate surface area is 124 Å². The third-order valence-corrected chi connectivity index (χ3v) is 4.56. The summed E-state index contributed by atoms with van der Waals surface area (Å²) in [7, 11) is -2.96. The van der Waals surface area contributed by atoms with E-state index < -0.39 is 9.84 Å². The summed E-state index contributed by atoms with van der Waals surface area (Å²) in [6, 6.07) is 0. The fourth-order valence-corrected chi connectivity index (χ4v) is 2.78. The summed E-state index contributed by atoms with van der Waals surface area (Å²) < 4.78 is 22.2. The number of aryl methyl sites for hydroxylation is 2. The lowest BCUT2D eigenvalue weighted by molar-refractivity contribution is 0.600. The topological polar surface area (TPSA) is 83.4 Å². The number of thiazole rings is 1. The Kier molecular flexibility index (Phi) is 6.41. The summed E-state index contributed by atoms with van der Waals surface area (Å²) in [5.41, 5.74) is 1.04. The van der Waals surface area contributed by atoms with Crippen LogP contribution in [0, 0.1) is 13.8 Å². The molecule has 0 bridgehead atoms. The molecule has 114 valence electrons. The van der Waals surface area contributed by atoms with Gasteiger partial charge in [0.2, 0.25) is 0 Å². The summed E-state index contributed by atoms with van der Waals surface area (Å²) in [6.45, 7) is 7.55. The highest BCUT2D eigenvalue weighted by Gasteiger charge is 2.05. The smallest absolute Gasteiger partial charge is 0.191 e. The van der Waals surface area contributed by atoms with Crippen LogP contribution in [0.3, 0.4) is 0 Å². The zero-order chi connectivity index (χ0) is 15.2. The van der Waals surface area contributed by atoms with Crippen molar-refractivity contribution in [2.75, 3.05) is 25.1 Å². The molecule has 0 aromatic carbocycles. The van der Waals surface area contributed by atoms with E-state index in [4.69, 9.17) is 0 Å². The number of rotatable bonds is 6. The maximum atomic E-state index is 11.1. The monoisotopic (exact) mass is 318 g/mol. The molecule has 8 heteroatoms. The van der Waals surface area contributed by atoms with Crippen LogP contribution in [0.15, 0.2) is 4.99 Å². The molecule has 0 atom stereocenters. The van der Waals surface area contributed by atoms with Crippen molar-refractivity contribution in [2.24, 2.45) is 4.99 Å². The second-order valence-corrected chi connectivity index (χ2v) is 8.05. The highest BCUT2D eigenvalue weighted by atomic mass is 32.2. The number of hydrogen-bond donors (Lipinski definition) is 2. The van der Waals surface area contributed by atoms with Crippen LogP contribution in [0.2, 0.25) is 0 Å². The van der Waals surface area contributed by atoms with Crippen molar-refractivity contribution in [3.8, 4) is 0 Å². The summed E-state index contributed by atoms with van der Waals surface area (Å²) in [5.74, 6) is 0.703. The first-order chi connectivity index (χ1) is 9.31. The van der Waals surface area contributed by atoms with Gasteiger partial charge in [-0.2, -0.15) is 0 Å². The molecule has 1 rings (SSSR count). The van der Waals surface area contributed by atoms with Crippen LogP contribution < -0.4 is 10.6 Å². The Hall–Kier alpha value is -1.15. The largest absolute Gasteiger partial charge is 0.357 e. The first-order valence-electron chi connectivity index (χ1n) is 6.44. The fourth-order valence-electron chi connectivity index (χ4n) is 1.45. The molecular weight excluding hydrogens is 296 g/mol. The van der Waals surface area contributed by atoms with Crippen LogP contribution in [0.1, 0.15) is 22.5 Å². The molecule has 0 aliphatic carbocycles. The van der Waals surface area contributed by atoms with E-state index in [9.17, 15) is 8.42 Å². The van der Waals surface area contributed by atoms with Crippen molar-refractivity contribution < 1.29 is 8.42 Å². The van der Waals surface area contributed by atoms with Crippen LogP contribution in [0.25, 0.3) is 0 Å². The van der Waals surface area contributed by atoms with Gasteiger partial charge in [0.1, 0.15) is 14.8 Å². The van der Waals surface area contributed by atoms with E-state index in [-0.39, 0.29) is 5.75 Å². The molecule has 1 heterocycles. The van der Waals surface area contributed by atoms with Gasteiger partial charge in [0.25, 0.3) is 0 Å². The Balaban J connectivity index is 2.58. The lowest BCUT2D eigenvalue weighted by Gasteiger charge is -2.10. The molecule has 0 unspecified atom stereocenters. The van der Waals surface area contributed by atoms with Crippen molar-refractivity contribution in [3.05, 3.63) is 15.6 Å². The van der Waals surface area contributed by atoms with Crippen LogP contribution in [-0.2, 0) is 16.4 Å². The number of aliphatic imine (C=N–C) groups is 1. The predicted octanol–water partition coefficient (Wildman–Crippen LogP) is 0.860. The average molecular weight is 318 g/mol. The minimum atomic E-state index is -2.96. The van der Waals surface area contributed by atoms with Crippen molar-refractivity contribution in [3.63, 3.8) is 0 Å². The number of sulfone groups is 1. The van der Waals surface area contributed by atoms with E-state index in [1.807, 2.05) is 20.8 Å². The standard InChI is InChI=1S/C12H22N4O2S2/c1-5-13-12(14-6-7-20(4,17)18)15-8-11-16-9(2)10(3)19-11/h5-8H2,1-4H3,(H2,13,14,15). The quantitative estimate of drug-likeness (QED) is 0.600. The summed E-state index contributed by atoms with van der Waals surface area (Å²) in [5, 5.41) is 7.05. The van der Waals surface area contributed by atoms with Gasteiger partial charge in [-0.15, -0.1) is 11.3 Å². The molecule has 2 N–H and O–H groups in total. The Morgan fingerprint density at radius 3 is 2.55 bits per heavy atom. The summed E-state index contributed by atoms with van der Waals surface area (Å²) in [6.07, 6.45) is 1.22. The number of nitrogens with zero attached hydrogens (tertiary/aromatic N) is 2. The van der Waals surface area contributed by atoms with Gasteiger partial charge in [-0.05, 0) is 20.8 Å². The van der Waals surface area contributed by atoms with Gasteiger partial charge in [-0.1, -0.05) is 0 Å². The second-order valence-electron chi connectivity index (χ2n) is 4.50. The van der Waals surface area contributed by atoms with E-state index in [1.54, 1.807) is 11.3 Å². The molecule has 1 aromatic heterocycles. The molecule has 0 aliphatic rings. The molecule has 6 nitrogen and oxygen atoms in total. The molecule has 0 amide bonds. The molecule has 0 fully saturated rings. The zero-order valence-corrected chi connectivity index (χ0v) is 14.0. The van der Waals surface area contributed by atoms with Gasteiger partial charge in [-0.25, -0.2) is 18.4 Å². The molecule has 0 spiro atoms. The van der Waals surface area contributed by atoms with E-state index in [0.29, 0.717) is 19.0 Å². The molecule has 0 saturated heterocycles. The van der Waals surface area contributed by atoms with E-state index in [1.165, 1.54) is 11.1 Å². The van der Waals surface area contributed by atoms with Gasteiger partial charge in [0.15, 0.2) is 5.96 Å². The van der Waals surface area contributed by atoms with Crippen LogP contribution >= 0.6 is 11.3 Å². The molecule has 0 aliphatic heterocycles. The maximum absolute atomic E-state index is 11.1. The van der Waals surface area contributed by atoms with Crippen LogP contribution in [-0.4, -0.2) is 44.5 Å². The number of hydrogen-bond acceptors (Lipinski definition) is 5. The fraction of sp³-hybridized carbons (Fsp3) is 0.667.